The molecule has 0 aromatic heterocycles. The fraction of sp³-hybridized carbons (Fsp3) is 0.778. The van der Waals surface area contributed by atoms with Gasteiger partial charge in [0, 0.05) is 6.42 Å². The molecule has 130 valence electrons. The first-order valence-corrected chi connectivity index (χ1v) is 8.89. The molecule has 5 heteroatoms. The lowest BCUT2D eigenvalue weighted by Crippen LogP contribution is -2.44. The molecule has 1 aliphatic heterocycles. The van der Waals surface area contributed by atoms with Crippen molar-refractivity contribution in [3.8, 4) is 0 Å². The summed E-state index contributed by atoms with van der Waals surface area (Å²) in [6.45, 7) is 6.47. The van der Waals surface area contributed by atoms with Crippen LogP contribution in [0.1, 0.15) is 72.1 Å². The Bertz CT molecular complexity index is 487. The molecule has 0 amide bonds. The molecule has 1 saturated carbocycles. The monoisotopic (exact) mass is 323 g/mol. The van der Waals surface area contributed by atoms with E-state index in [2.05, 4.69) is 12.1 Å². The van der Waals surface area contributed by atoms with E-state index in [0.29, 0.717) is 31.1 Å². The van der Waals surface area contributed by atoms with Crippen molar-refractivity contribution in [1.82, 2.24) is 0 Å². The Kier molecular flexibility index (Phi) is 6.08. The molecular weight excluding hydrogens is 294 g/mol. The zero-order valence-electron chi connectivity index (χ0n) is 14.6. The smallest absolute Gasteiger partial charge is 0.344 e. The third-order valence-corrected chi connectivity index (χ3v) is 4.96. The van der Waals surface area contributed by atoms with Gasteiger partial charge in [0.2, 0.25) is 0 Å². The Labute approximate surface area is 138 Å². The molecule has 0 radical (unpaired) electrons. The highest BCUT2D eigenvalue weighted by atomic mass is 16.6. The maximum atomic E-state index is 12.5. The molecule has 2 aliphatic rings. The lowest BCUT2D eigenvalue weighted by molar-refractivity contribution is -0.163. The van der Waals surface area contributed by atoms with Crippen molar-refractivity contribution in [2.45, 2.75) is 77.7 Å². The SMILES string of the molecule is CCC/C(=N\OCC)C1=C(O)CC2(CCC(CC)CC2)OC1=O. The zero-order valence-corrected chi connectivity index (χ0v) is 14.6. The van der Waals surface area contributed by atoms with E-state index in [4.69, 9.17) is 9.57 Å². The van der Waals surface area contributed by atoms with Gasteiger partial charge in [0.05, 0.1) is 5.71 Å². The van der Waals surface area contributed by atoms with Crippen molar-refractivity contribution in [2.75, 3.05) is 6.61 Å². The molecule has 0 aromatic rings. The normalized spacial score (nSPS) is 28.9. The summed E-state index contributed by atoms with van der Waals surface area (Å²) < 4.78 is 5.80. The molecule has 1 fully saturated rings. The summed E-state index contributed by atoms with van der Waals surface area (Å²) in [6.07, 6.45) is 6.75. The van der Waals surface area contributed by atoms with Gasteiger partial charge in [0.15, 0.2) is 0 Å². The van der Waals surface area contributed by atoms with Gasteiger partial charge in [-0.2, -0.15) is 0 Å². The minimum absolute atomic E-state index is 0.114. The number of esters is 1. The van der Waals surface area contributed by atoms with Gasteiger partial charge in [-0.3, -0.25) is 0 Å². The average molecular weight is 323 g/mol. The summed E-state index contributed by atoms with van der Waals surface area (Å²) in [6, 6.07) is 0. The molecule has 1 N–H and O–H groups in total. The van der Waals surface area contributed by atoms with Gasteiger partial charge >= 0.3 is 5.97 Å². The molecule has 0 bridgehead atoms. The van der Waals surface area contributed by atoms with Gasteiger partial charge in [-0.05, 0) is 44.9 Å². The lowest BCUT2D eigenvalue weighted by atomic mass is 9.74. The Morgan fingerprint density at radius 2 is 2.04 bits per heavy atom. The molecule has 0 saturated heterocycles. The van der Waals surface area contributed by atoms with Crippen LogP contribution in [-0.2, 0) is 14.4 Å². The van der Waals surface area contributed by atoms with E-state index >= 15 is 0 Å². The van der Waals surface area contributed by atoms with Gasteiger partial charge in [0.1, 0.15) is 23.5 Å². The van der Waals surface area contributed by atoms with Gasteiger partial charge < -0.3 is 14.7 Å². The first-order chi connectivity index (χ1) is 11.0. The van der Waals surface area contributed by atoms with E-state index in [1.807, 2.05) is 13.8 Å². The second kappa shape index (κ2) is 7.84. The van der Waals surface area contributed by atoms with E-state index in [-0.39, 0.29) is 11.3 Å². The summed E-state index contributed by atoms with van der Waals surface area (Å²) in [5.74, 6) is 0.376. The highest BCUT2D eigenvalue weighted by Crippen LogP contribution is 2.43. The molecule has 1 spiro atoms. The van der Waals surface area contributed by atoms with Crippen LogP contribution in [0, 0.1) is 5.92 Å². The van der Waals surface area contributed by atoms with Gasteiger partial charge in [-0.15, -0.1) is 0 Å². The summed E-state index contributed by atoms with van der Waals surface area (Å²) >= 11 is 0. The highest BCUT2D eigenvalue weighted by Gasteiger charge is 2.45. The van der Waals surface area contributed by atoms with E-state index in [1.54, 1.807) is 0 Å². The van der Waals surface area contributed by atoms with E-state index in [1.165, 1.54) is 6.42 Å². The largest absolute Gasteiger partial charge is 0.511 e. The molecule has 1 aliphatic carbocycles. The van der Waals surface area contributed by atoms with Crippen LogP contribution in [0.15, 0.2) is 16.5 Å². The van der Waals surface area contributed by atoms with E-state index in [0.717, 1.165) is 32.1 Å². The zero-order chi connectivity index (χ0) is 16.9. The van der Waals surface area contributed by atoms with Crippen LogP contribution in [0.3, 0.4) is 0 Å². The number of carbonyl (C=O) groups is 1. The van der Waals surface area contributed by atoms with Crippen LogP contribution in [0.2, 0.25) is 0 Å². The van der Waals surface area contributed by atoms with E-state index < -0.39 is 11.6 Å². The van der Waals surface area contributed by atoms with Gasteiger partial charge in [-0.1, -0.05) is 31.8 Å². The number of nitrogens with zero attached hydrogens (tertiary/aromatic N) is 1. The van der Waals surface area contributed by atoms with E-state index in [9.17, 15) is 9.90 Å². The molecule has 2 rings (SSSR count). The molecule has 0 unspecified atom stereocenters. The van der Waals surface area contributed by atoms with Crippen molar-refractivity contribution in [3.05, 3.63) is 11.3 Å². The Hall–Kier alpha value is -1.52. The van der Waals surface area contributed by atoms with Crippen LogP contribution < -0.4 is 0 Å². The number of oxime groups is 1. The number of aliphatic hydroxyl groups excluding tert-OH is 1. The third-order valence-electron chi connectivity index (χ3n) is 4.96. The van der Waals surface area contributed by atoms with Crippen LogP contribution in [0.4, 0.5) is 0 Å². The minimum atomic E-state index is -0.515. The topological polar surface area (TPSA) is 68.1 Å². The fourth-order valence-corrected chi connectivity index (χ4v) is 3.57. The summed E-state index contributed by atoms with van der Waals surface area (Å²) in [5.41, 5.74) is 0.191. The van der Waals surface area contributed by atoms with Crippen molar-refractivity contribution in [3.63, 3.8) is 0 Å². The van der Waals surface area contributed by atoms with Crippen LogP contribution >= 0.6 is 0 Å². The summed E-state index contributed by atoms with van der Waals surface area (Å²) in [7, 11) is 0. The maximum absolute atomic E-state index is 12.5. The molecular formula is C18H29NO4. The predicted molar refractivity (Wildman–Crippen MR) is 89.3 cm³/mol. The third kappa shape index (κ3) is 4.06. The molecule has 5 nitrogen and oxygen atoms in total. The average Bonchev–Trinajstić information content (AvgIpc) is 2.52. The van der Waals surface area contributed by atoms with Crippen molar-refractivity contribution in [2.24, 2.45) is 11.1 Å². The molecule has 0 aromatic carbocycles. The maximum Gasteiger partial charge on any atom is 0.344 e. The first-order valence-electron chi connectivity index (χ1n) is 8.89. The molecule has 23 heavy (non-hydrogen) atoms. The Morgan fingerprint density at radius 3 is 2.57 bits per heavy atom. The predicted octanol–water partition coefficient (Wildman–Crippen LogP) is 4.28. The minimum Gasteiger partial charge on any atom is -0.511 e. The standard InChI is InChI=1S/C18H29NO4/c1-4-7-14(19-22-6-3)16-15(20)12-18(23-17(16)21)10-8-13(5-2)9-11-18/h13,20H,4-12H2,1-3H3/b19-14+. The van der Waals surface area contributed by atoms with Crippen molar-refractivity contribution < 1.29 is 19.5 Å². The molecule has 1 heterocycles. The Balaban J connectivity index is 2.20. The Morgan fingerprint density at radius 1 is 1.35 bits per heavy atom. The molecule has 0 atom stereocenters. The summed E-state index contributed by atoms with van der Waals surface area (Å²) in [5, 5.41) is 14.5. The number of aliphatic hydroxyl groups is 1. The lowest BCUT2D eigenvalue weighted by Gasteiger charge is -2.42. The quantitative estimate of drug-likeness (QED) is 0.450. The van der Waals surface area contributed by atoms with Gasteiger partial charge in [0.25, 0.3) is 0 Å². The fourth-order valence-electron chi connectivity index (χ4n) is 3.57. The highest BCUT2D eigenvalue weighted by molar-refractivity contribution is 6.20. The first kappa shape index (κ1) is 17.8. The van der Waals surface area contributed by atoms with Crippen LogP contribution in [-0.4, -0.2) is 29.0 Å². The van der Waals surface area contributed by atoms with Crippen LogP contribution in [0.5, 0.6) is 0 Å². The second-order valence-corrected chi connectivity index (χ2v) is 6.63. The second-order valence-electron chi connectivity index (χ2n) is 6.63. The van der Waals surface area contributed by atoms with Gasteiger partial charge in [-0.25, -0.2) is 4.79 Å². The van der Waals surface area contributed by atoms with Crippen molar-refractivity contribution in [1.29, 1.82) is 0 Å². The number of hydrogen-bond donors (Lipinski definition) is 1. The summed E-state index contributed by atoms with van der Waals surface area (Å²) in [4.78, 5) is 17.6. The van der Waals surface area contributed by atoms with Crippen LogP contribution in [0.25, 0.3) is 0 Å². The van der Waals surface area contributed by atoms with Crippen molar-refractivity contribution >= 4 is 11.7 Å². The number of ether oxygens (including phenoxy) is 1. The number of rotatable bonds is 6. The number of hydrogen-bond acceptors (Lipinski definition) is 5. The number of carbonyl (C=O) groups excluding carboxylic acids is 1.